The summed E-state index contributed by atoms with van der Waals surface area (Å²) in [7, 11) is -4.06. The second-order valence-corrected chi connectivity index (χ2v) is 9.64. The van der Waals surface area contributed by atoms with Gasteiger partial charge in [0, 0.05) is 10.0 Å². The molecule has 166 valence electrons. The van der Waals surface area contributed by atoms with Gasteiger partial charge >= 0.3 is 10.1 Å². The fourth-order valence-electron chi connectivity index (χ4n) is 2.61. The second-order valence-electron chi connectivity index (χ2n) is 6.32. The van der Waals surface area contributed by atoms with E-state index in [0.29, 0.717) is 15.6 Å². The van der Waals surface area contributed by atoms with Crippen LogP contribution in [-0.4, -0.2) is 27.1 Å². The predicted octanol–water partition coefficient (Wildman–Crippen LogP) is 5.14. The van der Waals surface area contributed by atoms with Gasteiger partial charge in [-0.15, -0.1) is 0 Å². The van der Waals surface area contributed by atoms with Crippen molar-refractivity contribution in [3.63, 3.8) is 0 Å². The van der Waals surface area contributed by atoms with E-state index in [1.165, 1.54) is 18.3 Å². The number of rotatable bonds is 8. The second kappa shape index (κ2) is 10.8. The van der Waals surface area contributed by atoms with Gasteiger partial charge < -0.3 is 8.92 Å². The lowest BCUT2D eigenvalue weighted by Gasteiger charge is -2.14. The Morgan fingerprint density at radius 2 is 1.81 bits per heavy atom. The van der Waals surface area contributed by atoms with Crippen molar-refractivity contribution in [1.82, 2.24) is 5.43 Å². The third kappa shape index (κ3) is 6.18. The smallest absolute Gasteiger partial charge is 0.339 e. The lowest BCUT2D eigenvalue weighted by atomic mass is 10.2. The topological polar surface area (TPSA) is 94.1 Å². The molecule has 0 unspecified atom stereocenters. The first-order valence-electron chi connectivity index (χ1n) is 9.35. The van der Waals surface area contributed by atoms with Gasteiger partial charge in [-0.25, -0.2) is 5.43 Å². The monoisotopic (exact) mass is 580 g/mol. The zero-order chi connectivity index (χ0) is 23.1. The van der Waals surface area contributed by atoms with Crippen molar-refractivity contribution in [2.24, 2.45) is 5.10 Å². The van der Waals surface area contributed by atoms with Crippen LogP contribution in [0.25, 0.3) is 0 Å². The van der Waals surface area contributed by atoms with Gasteiger partial charge in [0.25, 0.3) is 5.91 Å². The Balaban J connectivity index is 1.82. The van der Waals surface area contributed by atoms with E-state index in [4.69, 9.17) is 8.92 Å². The molecule has 0 bridgehead atoms. The summed E-state index contributed by atoms with van der Waals surface area (Å²) in [6.45, 7) is 2.05. The van der Waals surface area contributed by atoms with Gasteiger partial charge in [-0.05, 0) is 70.9 Å². The highest BCUT2D eigenvalue weighted by atomic mass is 79.9. The third-order valence-corrected chi connectivity index (χ3v) is 6.34. The average Bonchev–Trinajstić information content (AvgIpc) is 2.77. The van der Waals surface area contributed by atoms with Crippen LogP contribution in [0, 0.1) is 0 Å². The van der Waals surface area contributed by atoms with Crippen LogP contribution in [0.15, 0.2) is 85.7 Å². The molecule has 0 aliphatic rings. The van der Waals surface area contributed by atoms with Crippen molar-refractivity contribution < 1.29 is 22.1 Å². The van der Waals surface area contributed by atoms with Crippen LogP contribution < -0.4 is 14.3 Å². The predicted molar refractivity (Wildman–Crippen MR) is 129 cm³/mol. The molecular weight excluding hydrogens is 564 g/mol. The van der Waals surface area contributed by atoms with Crippen molar-refractivity contribution in [2.45, 2.75) is 11.8 Å². The molecule has 0 heterocycles. The molecule has 3 rings (SSSR count). The number of nitrogens with zero attached hydrogens (tertiary/aromatic N) is 1. The van der Waals surface area contributed by atoms with Crippen LogP contribution in [0.3, 0.4) is 0 Å². The van der Waals surface area contributed by atoms with Gasteiger partial charge in [-0.3, -0.25) is 4.79 Å². The summed E-state index contributed by atoms with van der Waals surface area (Å²) < 4.78 is 37.3. The zero-order valence-electron chi connectivity index (χ0n) is 16.8. The fraction of sp³-hybridized carbons (Fsp3) is 0.0909. The zero-order valence-corrected chi connectivity index (χ0v) is 20.8. The number of hydrogen-bond acceptors (Lipinski definition) is 6. The summed E-state index contributed by atoms with van der Waals surface area (Å²) in [6.07, 6.45) is 1.42. The quantitative estimate of drug-likeness (QED) is 0.226. The Morgan fingerprint density at radius 3 is 2.50 bits per heavy atom. The van der Waals surface area contributed by atoms with E-state index in [0.717, 1.165) is 4.47 Å². The van der Waals surface area contributed by atoms with Gasteiger partial charge in [-0.2, -0.15) is 13.5 Å². The molecule has 3 aromatic carbocycles. The molecule has 0 saturated carbocycles. The van der Waals surface area contributed by atoms with Crippen molar-refractivity contribution in [1.29, 1.82) is 0 Å². The first-order chi connectivity index (χ1) is 15.3. The molecule has 0 aromatic heterocycles. The molecule has 1 N–H and O–H groups in total. The van der Waals surface area contributed by atoms with E-state index < -0.39 is 10.1 Å². The van der Waals surface area contributed by atoms with E-state index in [-0.39, 0.29) is 28.9 Å². The van der Waals surface area contributed by atoms with Crippen LogP contribution >= 0.6 is 31.9 Å². The third-order valence-electron chi connectivity index (χ3n) is 4.02. The number of carbonyl (C=O) groups excluding carboxylic acids is 1. The number of amides is 1. The standard InChI is InChI=1S/C22H18Br2N2O5S/c1-2-30-20-12-15(14-25-26-22(27)16-7-6-8-17(23)13-16)11-19(24)21(20)31-32(28,29)18-9-4-3-5-10-18/h3-14H,2H2,1H3,(H,26,27)/b25-14-. The number of ether oxygens (including phenoxy) is 1. The van der Waals surface area contributed by atoms with Crippen molar-refractivity contribution >= 4 is 54.1 Å². The van der Waals surface area contributed by atoms with Gasteiger partial charge in [-0.1, -0.05) is 40.2 Å². The molecule has 0 saturated heterocycles. The first kappa shape index (κ1) is 24.0. The van der Waals surface area contributed by atoms with Crippen LogP contribution in [0.2, 0.25) is 0 Å². The first-order valence-corrected chi connectivity index (χ1v) is 12.3. The molecule has 0 aliphatic carbocycles. The van der Waals surface area contributed by atoms with Crippen molar-refractivity contribution in [3.8, 4) is 11.5 Å². The van der Waals surface area contributed by atoms with Crippen LogP contribution in [0.4, 0.5) is 0 Å². The summed E-state index contributed by atoms with van der Waals surface area (Å²) in [5.41, 5.74) is 3.45. The SMILES string of the molecule is CCOc1cc(/C=N\NC(=O)c2cccc(Br)c2)cc(Br)c1OS(=O)(=O)c1ccccc1. The summed E-state index contributed by atoms with van der Waals surface area (Å²) in [5.74, 6) is -0.146. The molecule has 32 heavy (non-hydrogen) atoms. The van der Waals surface area contributed by atoms with Crippen LogP contribution in [-0.2, 0) is 10.1 Å². The molecule has 0 atom stereocenters. The largest absolute Gasteiger partial charge is 0.490 e. The summed E-state index contributed by atoms with van der Waals surface area (Å²) in [4.78, 5) is 12.2. The van der Waals surface area contributed by atoms with E-state index >= 15 is 0 Å². The minimum atomic E-state index is -4.06. The summed E-state index contributed by atoms with van der Waals surface area (Å²) in [5, 5.41) is 3.97. The normalized spacial score (nSPS) is 11.3. The van der Waals surface area contributed by atoms with Gasteiger partial charge in [0.15, 0.2) is 11.5 Å². The number of carbonyl (C=O) groups is 1. The van der Waals surface area contributed by atoms with Crippen molar-refractivity contribution in [3.05, 3.63) is 86.8 Å². The minimum absolute atomic E-state index is 0.0195. The number of hydrazone groups is 1. The van der Waals surface area contributed by atoms with E-state index in [1.807, 2.05) is 6.07 Å². The van der Waals surface area contributed by atoms with Gasteiger partial charge in [0.1, 0.15) is 4.90 Å². The van der Waals surface area contributed by atoms with Crippen LogP contribution in [0.5, 0.6) is 11.5 Å². The minimum Gasteiger partial charge on any atom is -0.490 e. The molecular formula is C22H18Br2N2O5S. The number of hydrogen-bond donors (Lipinski definition) is 1. The van der Waals surface area contributed by atoms with E-state index in [9.17, 15) is 13.2 Å². The lowest BCUT2D eigenvalue weighted by molar-refractivity contribution is 0.0955. The molecule has 0 aliphatic heterocycles. The highest BCUT2D eigenvalue weighted by Gasteiger charge is 2.22. The Morgan fingerprint density at radius 1 is 1.06 bits per heavy atom. The maximum atomic E-state index is 12.6. The highest BCUT2D eigenvalue weighted by Crippen LogP contribution is 2.38. The molecule has 0 fully saturated rings. The van der Waals surface area contributed by atoms with E-state index in [1.54, 1.807) is 55.5 Å². The van der Waals surface area contributed by atoms with E-state index in [2.05, 4.69) is 42.4 Å². The van der Waals surface area contributed by atoms with Gasteiger partial charge in [0.2, 0.25) is 0 Å². The molecule has 1 amide bonds. The van der Waals surface area contributed by atoms with Crippen molar-refractivity contribution in [2.75, 3.05) is 6.61 Å². The Labute approximate surface area is 202 Å². The number of halogens is 2. The molecule has 7 nitrogen and oxygen atoms in total. The Hall–Kier alpha value is -2.69. The highest BCUT2D eigenvalue weighted by molar-refractivity contribution is 9.10. The Bertz CT molecular complexity index is 1250. The molecule has 0 radical (unpaired) electrons. The maximum Gasteiger partial charge on any atom is 0.339 e. The van der Waals surface area contributed by atoms with Gasteiger partial charge in [0.05, 0.1) is 17.3 Å². The Kier molecular flexibility index (Phi) is 8.05. The summed E-state index contributed by atoms with van der Waals surface area (Å²) in [6, 6.07) is 17.9. The maximum absolute atomic E-state index is 12.6. The lowest BCUT2D eigenvalue weighted by Crippen LogP contribution is -2.17. The average molecular weight is 582 g/mol. The number of nitrogens with one attached hydrogen (secondary N) is 1. The van der Waals surface area contributed by atoms with Crippen LogP contribution in [0.1, 0.15) is 22.8 Å². The summed E-state index contributed by atoms with van der Waals surface area (Å²) >= 11 is 6.65. The number of benzene rings is 3. The molecule has 3 aromatic rings. The molecule has 10 heteroatoms. The fourth-order valence-corrected chi connectivity index (χ4v) is 4.64. The molecule has 0 spiro atoms.